The van der Waals surface area contributed by atoms with Crippen molar-refractivity contribution in [2.75, 3.05) is 40.6 Å². The maximum absolute atomic E-state index is 13.5. The number of benzene rings is 3. The number of rotatable bonds is 7. The fourth-order valence-corrected chi connectivity index (χ4v) is 7.06. The van der Waals surface area contributed by atoms with Gasteiger partial charge >= 0.3 is 0 Å². The van der Waals surface area contributed by atoms with Crippen molar-refractivity contribution in [3.05, 3.63) is 74.7 Å². The highest BCUT2D eigenvalue weighted by Gasteiger charge is 2.26. The molecule has 14 heteroatoms. The summed E-state index contributed by atoms with van der Waals surface area (Å²) in [6.45, 7) is 1.72. The molecule has 0 aliphatic carbocycles. The summed E-state index contributed by atoms with van der Waals surface area (Å²) in [5.41, 5.74) is 0.446. The minimum atomic E-state index is -4.25. The standard InChI is InChI=1S/C22H19Cl4N3O5S2/c23-14-1-4-17(25)19(11-14)28-36(32,33)22-13-16(3-6-20(22)29-7-9-34-10-8-29)27-35(30,31)21-12-15(24)2-5-18(21)26/h1-6,11-13,27-28H,7-10H2. The second-order valence-corrected chi connectivity index (χ2v) is 12.7. The van der Waals surface area contributed by atoms with Crippen molar-refractivity contribution in [2.24, 2.45) is 0 Å². The molecule has 0 spiro atoms. The van der Waals surface area contributed by atoms with E-state index in [0.29, 0.717) is 32.0 Å². The quantitative estimate of drug-likeness (QED) is 0.353. The van der Waals surface area contributed by atoms with Crippen molar-refractivity contribution in [3.63, 3.8) is 0 Å². The molecule has 0 amide bonds. The van der Waals surface area contributed by atoms with Gasteiger partial charge in [-0.2, -0.15) is 0 Å². The number of sulfonamides is 2. The van der Waals surface area contributed by atoms with Crippen LogP contribution in [0.1, 0.15) is 0 Å². The molecule has 1 aliphatic rings. The lowest BCUT2D eigenvalue weighted by Gasteiger charge is -2.30. The normalized spacial score (nSPS) is 14.5. The number of anilines is 3. The summed E-state index contributed by atoms with van der Waals surface area (Å²) in [5.74, 6) is 0. The average molecular weight is 611 g/mol. The van der Waals surface area contributed by atoms with Crippen molar-refractivity contribution in [3.8, 4) is 0 Å². The monoisotopic (exact) mass is 609 g/mol. The Morgan fingerprint density at radius 1 is 0.694 bits per heavy atom. The molecule has 0 aromatic heterocycles. The Bertz CT molecular complexity index is 1510. The second kappa shape index (κ2) is 10.8. The first-order valence-electron chi connectivity index (χ1n) is 10.4. The Morgan fingerprint density at radius 2 is 1.31 bits per heavy atom. The third kappa shape index (κ3) is 6.13. The summed E-state index contributed by atoms with van der Waals surface area (Å²) in [6.07, 6.45) is 0. The average Bonchev–Trinajstić information content (AvgIpc) is 2.83. The van der Waals surface area contributed by atoms with E-state index in [1.165, 1.54) is 54.6 Å². The molecule has 0 bridgehead atoms. The van der Waals surface area contributed by atoms with Crippen LogP contribution in [0.2, 0.25) is 20.1 Å². The van der Waals surface area contributed by atoms with Gasteiger partial charge in [0.1, 0.15) is 9.79 Å². The molecule has 2 N–H and O–H groups in total. The third-order valence-electron chi connectivity index (χ3n) is 5.21. The molecule has 192 valence electrons. The molecule has 1 fully saturated rings. The van der Waals surface area contributed by atoms with Gasteiger partial charge in [0.05, 0.1) is 40.3 Å². The summed E-state index contributed by atoms with van der Waals surface area (Å²) >= 11 is 24.2. The summed E-state index contributed by atoms with van der Waals surface area (Å²) in [4.78, 5) is 1.42. The fraction of sp³-hybridized carbons (Fsp3) is 0.182. The van der Waals surface area contributed by atoms with E-state index in [4.69, 9.17) is 51.1 Å². The zero-order valence-electron chi connectivity index (χ0n) is 18.3. The molecule has 1 saturated heterocycles. The van der Waals surface area contributed by atoms with Crippen molar-refractivity contribution in [1.29, 1.82) is 0 Å². The highest BCUT2D eigenvalue weighted by molar-refractivity contribution is 7.93. The number of hydrogen-bond acceptors (Lipinski definition) is 6. The van der Waals surface area contributed by atoms with Crippen LogP contribution in [-0.4, -0.2) is 43.1 Å². The van der Waals surface area contributed by atoms with Crippen LogP contribution in [0, 0.1) is 0 Å². The van der Waals surface area contributed by atoms with E-state index in [9.17, 15) is 16.8 Å². The van der Waals surface area contributed by atoms with Crippen LogP contribution in [0.25, 0.3) is 0 Å². The molecule has 8 nitrogen and oxygen atoms in total. The number of halogens is 4. The van der Waals surface area contributed by atoms with Crippen LogP contribution in [0.15, 0.2) is 64.4 Å². The lowest BCUT2D eigenvalue weighted by molar-refractivity contribution is 0.122. The third-order valence-corrected chi connectivity index (χ3v) is 9.27. The smallest absolute Gasteiger partial charge is 0.264 e. The van der Waals surface area contributed by atoms with E-state index in [2.05, 4.69) is 9.44 Å². The van der Waals surface area contributed by atoms with Crippen LogP contribution in [0.5, 0.6) is 0 Å². The molecule has 0 radical (unpaired) electrons. The molecule has 36 heavy (non-hydrogen) atoms. The summed E-state index contributed by atoms with van der Waals surface area (Å²) in [5, 5.41) is 0.559. The maximum atomic E-state index is 13.5. The minimum absolute atomic E-state index is 0.000572. The highest BCUT2D eigenvalue weighted by Crippen LogP contribution is 2.34. The topological polar surface area (TPSA) is 105 Å². The predicted octanol–water partition coefficient (Wildman–Crippen LogP) is 5.74. The molecule has 3 aromatic carbocycles. The Labute approximate surface area is 229 Å². The minimum Gasteiger partial charge on any atom is -0.378 e. The van der Waals surface area contributed by atoms with Gasteiger partial charge in [-0.05, 0) is 54.6 Å². The fourth-order valence-electron chi connectivity index (χ4n) is 3.53. The number of nitrogens with one attached hydrogen (secondary N) is 2. The van der Waals surface area contributed by atoms with Gasteiger partial charge in [0, 0.05) is 23.1 Å². The molecule has 0 saturated carbocycles. The van der Waals surface area contributed by atoms with Gasteiger partial charge < -0.3 is 9.64 Å². The SMILES string of the molecule is O=S(=O)(Nc1ccc(N2CCOCC2)c(S(=O)(=O)Nc2cc(Cl)ccc2Cl)c1)c1cc(Cl)ccc1Cl. The number of nitrogens with zero attached hydrogens (tertiary/aromatic N) is 1. The highest BCUT2D eigenvalue weighted by atomic mass is 35.5. The van der Waals surface area contributed by atoms with E-state index in [-0.39, 0.29) is 41.3 Å². The van der Waals surface area contributed by atoms with Crippen molar-refractivity contribution >= 4 is 83.5 Å². The summed E-state index contributed by atoms with van der Waals surface area (Å²) < 4.78 is 63.3. The van der Waals surface area contributed by atoms with E-state index in [1.54, 1.807) is 0 Å². The van der Waals surface area contributed by atoms with Crippen LogP contribution in [0.3, 0.4) is 0 Å². The van der Waals surface area contributed by atoms with Crippen LogP contribution >= 0.6 is 46.4 Å². The zero-order chi connectivity index (χ0) is 26.1. The molecule has 1 heterocycles. The van der Waals surface area contributed by atoms with Crippen molar-refractivity contribution < 1.29 is 21.6 Å². The van der Waals surface area contributed by atoms with Gasteiger partial charge in [-0.3, -0.25) is 9.44 Å². The number of ether oxygens (including phenoxy) is 1. The van der Waals surface area contributed by atoms with E-state index < -0.39 is 20.0 Å². The molecular weight excluding hydrogens is 592 g/mol. The van der Waals surface area contributed by atoms with E-state index >= 15 is 0 Å². The maximum Gasteiger partial charge on any atom is 0.264 e. The van der Waals surface area contributed by atoms with Crippen molar-refractivity contribution in [1.82, 2.24) is 0 Å². The van der Waals surface area contributed by atoms with Gasteiger partial charge in [0.15, 0.2) is 0 Å². The Kier molecular flexibility index (Phi) is 8.16. The lowest BCUT2D eigenvalue weighted by atomic mass is 10.2. The first-order chi connectivity index (χ1) is 17.0. The number of morpholine rings is 1. The predicted molar refractivity (Wildman–Crippen MR) is 144 cm³/mol. The Hall–Kier alpha value is -1.92. The van der Waals surface area contributed by atoms with Crippen LogP contribution < -0.4 is 14.3 Å². The zero-order valence-corrected chi connectivity index (χ0v) is 23.0. The molecular formula is C22H19Cl4N3O5S2. The van der Waals surface area contributed by atoms with Gasteiger partial charge in [-0.25, -0.2) is 16.8 Å². The summed E-state index contributed by atoms with van der Waals surface area (Å²) in [6, 6.07) is 12.6. The van der Waals surface area contributed by atoms with Crippen LogP contribution in [0.4, 0.5) is 17.1 Å². The van der Waals surface area contributed by atoms with Gasteiger partial charge in [-0.1, -0.05) is 46.4 Å². The molecule has 1 aliphatic heterocycles. The molecule has 0 atom stereocenters. The van der Waals surface area contributed by atoms with Crippen LogP contribution in [-0.2, 0) is 24.8 Å². The lowest BCUT2D eigenvalue weighted by Crippen LogP contribution is -2.37. The van der Waals surface area contributed by atoms with E-state index in [1.807, 2.05) is 4.90 Å². The first-order valence-corrected chi connectivity index (χ1v) is 14.9. The van der Waals surface area contributed by atoms with Gasteiger partial charge in [0.25, 0.3) is 20.0 Å². The van der Waals surface area contributed by atoms with E-state index in [0.717, 1.165) is 0 Å². The van der Waals surface area contributed by atoms with Crippen molar-refractivity contribution in [2.45, 2.75) is 9.79 Å². The number of hydrogen-bond donors (Lipinski definition) is 2. The Balaban J connectivity index is 1.77. The molecule has 3 aromatic rings. The second-order valence-electron chi connectivity index (χ2n) is 7.69. The largest absolute Gasteiger partial charge is 0.378 e. The Morgan fingerprint density at radius 3 is 2.00 bits per heavy atom. The van der Waals surface area contributed by atoms with Gasteiger partial charge in [0.2, 0.25) is 0 Å². The summed E-state index contributed by atoms with van der Waals surface area (Å²) in [7, 11) is -8.44. The molecule has 4 rings (SSSR count). The van der Waals surface area contributed by atoms with Gasteiger partial charge in [-0.15, -0.1) is 0 Å². The molecule has 0 unspecified atom stereocenters. The first kappa shape index (κ1) is 27.1.